The average molecular weight is 298 g/mol. The van der Waals surface area contributed by atoms with Crippen LogP contribution < -0.4 is 5.32 Å². The molecule has 0 atom stereocenters. The Morgan fingerprint density at radius 3 is 2.35 bits per heavy atom. The molecule has 0 spiro atoms. The maximum Gasteiger partial charge on any atom is 0.250 e. The highest BCUT2D eigenvalue weighted by molar-refractivity contribution is 6.66. The molecule has 0 unspecified atom stereocenters. The predicted molar refractivity (Wildman–Crippen MR) is 71.8 cm³/mol. The van der Waals surface area contributed by atoms with E-state index < -0.39 is 3.79 Å². The Morgan fingerprint density at radius 1 is 1.12 bits per heavy atom. The van der Waals surface area contributed by atoms with Gasteiger partial charge in [-0.25, -0.2) is 4.98 Å². The number of hydrogen-bond donors (Lipinski definition) is 1. The number of hydrogen-bond acceptors (Lipinski definition) is 4. The van der Waals surface area contributed by atoms with E-state index in [-0.39, 0.29) is 5.82 Å². The fourth-order valence-corrected chi connectivity index (χ4v) is 1.48. The van der Waals surface area contributed by atoms with Gasteiger partial charge in [-0.1, -0.05) is 48.1 Å². The molecule has 0 aliphatic carbocycles. The minimum Gasteiger partial charge on any atom is -0.354 e. The lowest BCUT2D eigenvalue weighted by Gasteiger charge is -2.12. The molecular weight excluding hydrogens is 282 g/mol. The first-order valence-corrected chi connectivity index (χ1v) is 6.66. The molecule has 0 bridgehead atoms. The largest absolute Gasteiger partial charge is 0.354 e. The van der Waals surface area contributed by atoms with Crippen LogP contribution in [0.5, 0.6) is 0 Å². The van der Waals surface area contributed by atoms with Gasteiger partial charge in [0.05, 0.1) is 0 Å². The highest BCUT2D eigenvalue weighted by atomic mass is 35.6. The van der Waals surface area contributed by atoms with E-state index in [4.69, 9.17) is 34.8 Å². The van der Waals surface area contributed by atoms with E-state index in [0.717, 1.165) is 19.3 Å². The van der Waals surface area contributed by atoms with Crippen LogP contribution in [-0.2, 0) is 10.2 Å². The standard InChI is InChI=1S/C10H15Cl3N4/c1-3-5-6-7-15-8(10(11,12)13)17-9(16-7)14-4-2/h3-6H2,1-2H3,(H,14,15,16,17). The zero-order chi connectivity index (χ0) is 12.9. The summed E-state index contributed by atoms with van der Waals surface area (Å²) >= 11 is 17.4. The summed E-state index contributed by atoms with van der Waals surface area (Å²) in [6.07, 6.45) is 2.81. The molecule has 0 aliphatic rings. The van der Waals surface area contributed by atoms with E-state index in [1.807, 2.05) is 6.92 Å². The summed E-state index contributed by atoms with van der Waals surface area (Å²) in [7, 11) is 0. The Morgan fingerprint density at radius 2 is 1.82 bits per heavy atom. The normalized spacial score (nSPS) is 11.6. The number of rotatable bonds is 5. The fourth-order valence-electron chi connectivity index (χ4n) is 1.23. The van der Waals surface area contributed by atoms with Crippen molar-refractivity contribution in [2.45, 2.75) is 36.9 Å². The first-order chi connectivity index (χ1) is 7.97. The molecule has 0 amide bonds. The number of aryl methyl sites for hydroxylation is 1. The summed E-state index contributed by atoms with van der Waals surface area (Å²) in [4.78, 5) is 12.5. The Labute approximate surface area is 116 Å². The zero-order valence-electron chi connectivity index (χ0n) is 9.80. The first-order valence-electron chi connectivity index (χ1n) is 5.53. The van der Waals surface area contributed by atoms with Gasteiger partial charge in [0.1, 0.15) is 5.82 Å². The molecule has 1 aromatic rings. The van der Waals surface area contributed by atoms with Crippen molar-refractivity contribution in [2.75, 3.05) is 11.9 Å². The maximum absolute atomic E-state index is 5.79. The van der Waals surface area contributed by atoms with Crippen LogP contribution >= 0.6 is 34.8 Å². The van der Waals surface area contributed by atoms with Crippen LogP contribution in [0.3, 0.4) is 0 Å². The minimum atomic E-state index is -1.62. The molecule has 7 heteroatoms. The monoisotopic (exact) mass is 296 g/mol. The number of halogens is 3. The second-order valence-corrected chi connectivity index (χ2v) is 5.81. The molecule has 4 nitrogen and oxygen atoms in total. The van der Waals surface area contributed by atoms with Crippen LogP contribution in [0.4, 0.5) is 5.95 Å². The quantitative estimate of drug-likeness (QED) is 0.846. The molecule has 96 valence electrons. The van der Waals surface area contributed by atoms with Gasteiger partial charge in [0.25, 0.3) is 0 Å². The number of aromatic nitrogens is 3. The fraction of sp³-hybridized carbons (Fsp3) is 0.700. The van der Waals surface area contributed by atoms with Crippen molar-refractivity contribution in [1.29, 1.82) is 0 Å². The number of anilines is 1. The van der Waals surface area contributed by atoms with Crippen LogP contribution in [0.25, 0.3) is 0 Å². The summed E-state index contributed by atoms with van der Waals surface area (Å²) < 4.78 is -1.62. The molecule has 1 heterocycles. The van der Waals surface area contributed by atoms with Gasteiger partial charge < -0.3 is 5.32 Å². The Hall–Kier alpha value is -0.320. The zero-order valence-corrected chi connectivity index (χ0v) is 12.1. The van der Waals surface area contributed by atoms with E-state index in [1.165, 1.54) is 0 Å². The van der Waals surface area contributed by atoms with Crippen LogP contribution in [0.15, 0.2) is 0 Å². The van der Waals surface area contributed by atoms with Gasteiger partial charge in [-0.15, -0.1) is 0 Å². The van der Waals surface area contributed by atoms with Crippen LogP contribution in [-0.4, -0.2) is 21.5 Å². The van der Waals surface area contributed by atoms with Crippen molar-refractivity contribution in [2.24, 2.45) is 0 Å². The van der Waals surface area contributed by atoms with Crippen molar-refractivity contribution < 1.29 is 0 Å². The number of unbranched alkanes of at least 4 members (excludes halogenated alkanes) is 1. The first kappa shape index (κ1) is 14.7. The van der Waals surface area contributed by atoms with Gasteiger partial charge in [-0.2, -0.15) is 9.97 Å². The third-order valence-electron chi connectivity index (χ3n) is 2.02. The van der Waals surface area contributed by atoms with Gasteiger partial charge in [-0.05, 0) is 13.3 Å². The van der Waals surface area contributed by atoms with Gasteiger partial charge in [0, 0.05) is 13.0 Å². The van der Waals surface area contributed by atoms with Gasteiger partial charge in [0.15, 0.2) is 5.82 Å². The third kappa shape index (κ3) is 4.82. The minimum absolute atomic E-state index is 0.166. The van der Waals surface area contributed by atoms with Gasteiger partial charge in [-0.3, -0.25) is 0 Å². The van der Waals surface area contributed by atoms with Crippen LogP contribution in [0, 0.1) is 0 Å². The molecule has 0 fully saturated rings. The molecule has 0 saturated heterocycles. The lowest BCUT2D eigenvalue weighted by Crippen LogP contribution is -2.14. The summed E-state index contributed by atoms with van der Waals surface area (Å²) in [6.45, 7) is 4.75. The smallest absolute Gasteiger partial charge is 0.250 e. The van der Waals surface area contributed by atoms with Crippen molar-refractivity contribution in [1.82, 2.24) is 15.0 Å². The number of alkyl halides is 3. The Bertz CT molecular complexity index is 365. The highest BCUT2D eigenvalue weighted by Crippen LogP contribution is 2.36. The van der Waals surface area contributed by atoms with E-state index in [2.05, 4.69) is 27.2 Å². The molecule has 0 aliphatic heterocycles. The lowest BCUT2D eigenvalue weighted by molar-refractivity contribution is 0.731. The second-order valence-electron chi connectivity index (χ2n) is 3.53. The molecule has 1 aromatic heterocycles. The van der Waals surface area contributed by atoms with Crippen molar-refractivity contribution in [3.05, 3.63) is 11.6 Å². The van der Waals surface area contributed by atoms with Gasteiger partial charge in [0.2, 0.25) is 9.74 Å². The summed E-state index contributed by atoms with van der Waals surface area (Å²) in [5, 5.41) is 3.00. The average Bonchev–Trinajstić information content (AvgIpc) is 2.25. The van der Waals surface area contributed by atoms with Crippen molar-refractivity contribution >= 4 is 40.8 Å². The topological polar surface area (TPSA) is 50.7 Å². The summed E-state index contributed by atoms with van der Waals surface area (Å²) in [5.74, 6) is 1.27. The predicted octanol–water partition coefficient (Wildman–Crippen LogP) is 3.47. The maximum atomic E-state index is 5.79. The van der Waals surface area contributed by atoms with Crippen LogP contribution in [0.1, 0.15) is 38.3 Å². The van der Waals surface area contributed by atoms with E-state index in [0.29, 0.717) is 18.3 Å². The molecular formula is C10H15Cl3N4. The molecule has 0 saturated carbocycles. The van der Waals surface area contributed by atoms with E-state index in [1.54, 1.807) is 0 Å². The molecule has 1 N–H and O–H groups in total. The second kappa shape index (κ2) is 6.57. The lowest BCUT2D eigenvalue weighted by atomic mass is 10.2. The molecule has 0 radical (unpaired) electrons. The molecule has 1 rings (SSSR count). The number of nitrogens with one attached hydrogen (secondary N) is 1. The summed E-state index contributed by atoms with van der Waals surface area (Å²) in [6, 6.07) is 0. The van der Waals surface area contributed by atoms with Gasteiger partial charge >= 0.3 is 0 Å². The SMILES string of the molecule is CCCCc1nc(NCC)nc(C(Cl)(Cl)Cl)n1. The molecule has 0 aromatic carbocycles. The van der Waals surface area contributed by atoms with Crippen molar-refractivity contribution in [3.8, 4) is 0 Å². The Balaban J connectivity index is 3.01. The van der Waals surface area contributed by atoms with E-state index >= 15 is 0 Å². The summed E-state index contributed by atoms with van der Waals surface area (Å²) in [5.41, 5.74) is 0. The van der Waals surface area contributed by atoms with Crippen LogP contribution in [0.2, 0.25) is 0 Å². The van der Waals surface area contributed by atoms with Crippen molar-refractivity contribution in [3.63, 3.8) is 0 Å². The highest BCUT2D eigenvalue weighted by Gasteiger charge is 2.28. The molecule has 17 heavy (non-hydrogen) atoms. The van der Waals surface area contributed by atoms with E-state index in [9.17, 15) is 0 Å². The Kier molecular flexibility index (Phi) is 5.70. The number of nitrogens with zero attached hydrogens (tertiary/aromatic N) is 3. The third-order valence-corrected chi connectivity index (χ3v) is 2.53.